The third kappa shape index (κ3) is 4.91. The van der Waals surface area contributed by atoms with Gasteiger partial charge in [-0.2, -0.15) is 0 Å². The van der Waals surface area contributed by atoms with Crippen molar-refractivity contribution in [1.29, 1.82) is 0 Å². The van der Waals surface area contributed by atoms with Crippen molar-refractivity contribution < 1.29 is 9.53 Å². The quantitative estimate of drug-likeness (QED) is 0.701. The van der Waals surface area contributed by atoms with Crippen LogP contribution in [0.25, 0.3) is 0 Å². The van der Waals surface area contributed by atoms with Crippen molar-refractivity contribution in [3.63, 3.8) is 0 Å². The van der Waals surface area contributed by atoms with Gasteiger partial charge in [0.05, 0.1) is 31.2 Å². The van der Waals surface area contributed by atoms with E-state index >= 15 is 0 Å². The molecule has 0 saturated carbocycles. The Morgan fingerprint density at radius 2 is 1.86 bits per heavy atom. The predicted octanol–water partition coefficient (Wildman–Crippen LogP) is 2.40. The Hall–Kier alpha value is -2.96. The molecule has 150 valence electrons. The molecule has 2 N–H and O–H groups in total. The summed E-state index contributed by atoms with van der Waals surface area (Å²) in [5, 5.41) is 0. The Morgan fingerprint density at radius 1 is 1.14 bits per heavy atom. The maximum atomic E-state index is 12.9. The second-order valence-electron chi connectivity index (χ2n) is 7.39. The van der Waals surface area contributed by atoms with Crippen molar-refractivity contribution in [3.8, 4) is 0 Å². The lowest BCUT2D eigenvalue weighted by molar-refractivity contribution is -0.140. The first-order valence-corrected chi connectivity index (χ1v) is 9.94. The maximum Gasteiger partial charge on any atom is 0.240 e. The van der Waals surface area contributed by atoms with Gasteiger partial charge in [-0.1, -0.05) is 60.7 Å². The van der Waals surface area contributed by atoms with Crippen molar-refractivity contribution in [2.75, 3.05) is 19.7 Å². The van der Waals surface area contributed by atoms with Gasteiger partial charge in [-0.15, -0.1) is 0 Å². The molecule has 1 aromatic heterocycles. The van der Waals surface area contributed by atoms with E-state index in [2.05, 4.69) is 17.1 Å². The second-order valence-corrected chi connectivity index (χ2v) is 7.39. The van der Waals surface area contributed by atoms with Crippen LogP contribution in [0.2, 0.25) is 0 Å². The molecule has 6 nitrogen and oxygen atoms in total. The van der Waals surface area contributed by atoms with Gasteiger partial charge in [-0.3, -0.25) is 4.79 Å². The van der Waals surface area contributed by atoms with Gasteiger partial charge in [-0.05, 0) is 11.1 Å². The van der Waals surface area contributed by atoms with Crippen LogP contribution in [0.3, 0.4) is 0 Å². The molecule has 0 aliphatic carbocycles. The van der Waals surface area contributed by atoms with E-state index < -0.39 is 6.04 Å². The molecule has 0 spiro atoms. The zero-order valence-corrected chi connectivity index (χ0v) is 16.4. The van der Waals surface area contributed by atoms with E-state index in [0.717, 1.165) is 17.8 Å². The number of carbonyl (C=O) groups is 1. The number of imidazole rings is 1. The molecule has 1 fully saturated rings. The fourth-order valence-corrected chi connectivity index (χ4v) is 3.66. The van der Waals surface area contributed by atoms with Crippen LogP contribution >= 0.6 is 0 Å². The summed E-state index contributed by atoms with van der Waals surface area (Å²) >= 11 is 0. The third-order valence-electron chi connectivity index (χ3n) is 5.19. The molecular weight excluding hydrogens is 364 g/mol. The molecule has 6 heteroatoms. The highest BCUT2D eigenvalue weighted by Crippen LogP contribution is 2.22. The zero-order valence-electron chi connectivity index (χ0n) is 16.4. The topological polar surface area (TPSA) is 73.4 Å². The average molecular weight is 390 g/mol. The maximum absolute atomic E-state index is 12.9. The minimum atomic E-state index is -0.607. The number of ether oxygens (including phenoxy) is 1. The van der Waals surface area contributed by atoms with Gasteiger partial charge in [0.15, 0.2) is 0 Å². The van der Waals surface area contributed by atoms with E-state index in [1.54, 1.807) is 6.33 Å². The van der Waals surface area contributed by atoms with Crippen molar-refractivity contribution in [2.45, 2.75) is 25.1 Å². The molecule has 1 saturated heterocycles. The standard InChI is InChI=1S/C23H26N4O2/c24-21(13-20-15-26(17-25-20)14-18-7-3-1-4-8-18)23(28)27-11-12-29-22(16-27)19-9-5-2-6-10-19/h1-10,15,17,21-22H,11-14,16,24H2/t21-,22?/m0/s1. The Balaban J connectivity index is 1.34. The lowest BCUT2D eigenvalue weighted by Crippen LogP contribution is -2.50. The van der Waals surface area contributed by atoms with E-state index in [0.29, 0.717) is 26.1 Å². The zero-order chi connectivity index (χ0) is 20.1. The lowest BCUT2D eigenvalue weighted by atomic mass is 10.1. The molecule has 1 unspecified atom stereocenters. The normalized spacial score (nSPS) is 17.8. The van der Waals surface area contributed by atoms with Gasteiger partial charge in [0.2, 0.25) is 5.91 Å². The number of nitrogens with zero attached hydrogens (tertiary/aromatic N) is 3. The van der Waals surface area contributed by atoms with Crippen LogP contribution in [0, 0.1) is 0 Å². The Labute approximate surface area is 170 Å². The van der Waals surface area contributed by atoms with Gasteiger partial charge in [0.25, 0.3) is 0 Å². The first kappa shape index (κ1) is 19.4. The first-order chi connectivity index (χ1) is 14.2. The Morgan fingerprint density at radius 3 is 2.62 bits per heavy atom. The molecule has 1 aliphatic heterocycles. The molecule has 0 radical (unpaired) electrons. The van der Waals surface area contributed by atoms with E-state index in [9.17, 15) is 4.79 Å². The Kier molecular flexibility index (Phi) is 6.03. The molecule has 1 aliphatic rings. The van der Waals surface area contributed by atoms with E-state index in [1.807, 2.05) is 64.2 Å². The predicted molar refractivity (Wildman–Crippen MR) is 111 cm³/mol. The minimum Gasteiger partial charge on any atom is -0.370 e. The van der Waals surface area contributed by atoms with Crippen molar-refractivity contribution in [1.82, 2.24) is 14.5 Å². The number of benzene rings is 2. The van der Waals surface area contributed by atoms with Crippen LogP contribution in [0.5, 0.6) is 0 Å². The number of morpholine rings is 1. The fraction of sp³-hybridized carbons (Fsp3) is 0.304. The van der Waals surface area contributed by atoms with Crippen molar-refractivity contribution in [3.05, 3.63) is 90.0 Å². The van der Waals surface area contributed by atoms with Crippen LogP contribution in [0.1, 0.15) is 22.9 Å². The number of hydrogen-bond acceptors (Lipinski definition) is 4. The molecule has 3 aromatic rings. The molecule has 2 aromatic carbocycles. The first-order valence-electron chi connectivity index (χ1n) is 9.94. The van der Waals surface area contributed by atoms with Crippen molar-refractivity contribution >= 4 is 5.91 Å². The van der Waals surface area contributed by atoms with Gasteiger partial charge < -0.3 is 19.9 Å². The lowest BCUT2D eigenvalue weighted by Gasteiger charge is -2.34. The van der Waals surface area contributed by atoms with E-state index in [4.69, 9.17) is 10.5 Å². The van der Waals surface area contributed by atoms with Crippen molar-refractivity contribution in [2.24, 2.45) is 5.73 Å². The number of rotatable bonds is 6. The summed E-state index contributed by atoms with van der Waals surface area (Å²) in [5.41, 5.74) is 9.36. The average Bonchev–Trinajstić information content (AvgIpc) is 3.21. The van der Waals surface area contributed by atoms with Gasteiger partial charge in [-0.25, -0.2) is 4.98 Å². The summed E-state index contributed by atoms with van der Waals surface area (Å²) in [5.74, 6) is -0.0492. The van der Waals surface area contributed by atoms with Gasteiger partial charge >= 0.3 is 0 Å². The van der Waals surface area contributed by atoms with E-state index in [1.165, 1.54) is 5.56 Å². The second kappa shape index (κ2) is 9.03. The highest BCUT2D eigenvalue weighted by Gasteiger charge is 2.28. The number of nitrogens with two attached hydrogens (primary N) is 1. The highest BCUT2D eigenvalue weighted by molar-refractivity contribution is 5.82. The third-order valence-corrected chi connectivity index (χ3v) is 5.19. The minimum absolute atomic E-state index is 0.0492. The van der Waals surface area contributed by atoms with Crippen LogP contribution in [-0.4, -0.2) is 46.1 Å². The monoisotopic (exact) mass is 390 g/mol. The highest BCUT2D eigenvalue weighted by atomic mass is 16.5. The SMILES string of the molecule is N[C@@H](Cc1cn(Cc2ccccc2)cn1)C(=O)N1CCOC(c2ccccc2)C1. The van der Waals surface area contributed by atoms with Gasteiger partial charge in [0.1, 0.15) is 6.10 Å². The van der Waals surface area contributed by atoms with Gasteiger partial charge in [0, 0.05) is 25.7 Å². The summed E-state index contributed by atoms with van der Waals surface area (Å²) in [6.45, 7) is 2.36. The summed E-state index contributed by atoms with van der Waals surface area (Å²) in [6.07, 6.45) is 4.08. The Bertz CT molecular complexity index is 926. The van der Waals surface area contributed by atoms with Crippen LogP contribution < -0.4 is 5.73 Å². The van der Waals surface area contributed by atoms with Crippen LogP contribution in [0.15, 0.2) is 73.2 Å². The number of hydrogen-bond donors (Lipinski definition) is 1. The number of carbonyl (C=O) groups excluding carboxylic acids is 1. The van der Waals surface area contributed by atoms with Crippen LogP contribution in [0.4, 0.5) is 0 Å². The summed E-state index contributed by atoms with van der Waals surface area (Å²) in [4.78, 5) is 19.1. The molecule has 4 rings (SSSR count). The fourth-order valence-electron chi connectivity index (χ4n) is 3.66. The van der Waals surface area contributed by atoms with E-state index in [-0.39, 0.29) is 12.0 Å². The summed E-state index contributed by atoms with van der Waals surface area (Å²) in [6, 6.07) is 19.6. The number of aromatic nitrogens is 2. The molecule has 1 amide bonds. The number of amides is 1. The largest absolute Gasteiger partial charge is 0.370 e. The summed E-state index contributed by atoms with van der Waals surface area (Å²) in [7, 11) is 0. The molecule has 0 bridgehead atoms. The summed E-state index contributed by atoms with van der Waals surface area (Å²) < 4.78 is 7.87. The smallest absolute Gasteiger partial charge is 0.240 e. The molecule has 2 atom stereocenters. The van der Waals surface area contributed by atoms with Crippen LogP contribution in [-0.2, 0) is 22.5 Å². The molecular formula is C23H26N4O2. The molecule has 2 heterocycles. The molecule has 29 heavy (non-hydrogen) atoms.